The van der Waals surface area contributed by atoms with Gasteiger partial charge < -0.3 is 13.7 Å². The molecule has 14 rings (SSSR count). The predicted octanol–water partition coefficient (Wildman–Crippen LogP) is 10.0. The molecule has 0 aliphatic carbocycles. The minimum absolute atomic E-state index is 0. The van der Waals surface area contributed by atoms with Crippen LogP contribution in [0.5, 0.6) is 0 Å². The maximum atomic E-state index is 4.93. The Balaban J connectivity index is 0.00000298. The van der Waals surface area contributed by atoms with E-state index in [4.69, 9.17) is 19.9 Å². The van der Waals surface area contributed by atoms with Crippen molar-refractivity contribution in [2.75, 3.05) is 0 Å². The van der Waals surface area contributed by atoms with Crippen LogP contribution in [-0.2, 0) is 42.1 Å². The molecule has 0 spiro atoms. The molecule has 14 aromatic rings. The second-order valence-corrected chi connectivity index (χ2v) is 19.6. The molecule has 0 unspecified atom stereocenters. The smallest absolute Gasteiger partial charge is 0.328 e. The molecule has 0 bridgehead atoms. The van der Waals surface area contributed by atoms with Gasteiger partial charge in [0.15, 0.2) is 13.4 Å². The summed E-state index contributed by atoms with van der Waals surface area (Å²) in [5, 5.41) is 6.64. The normalized spacial score (nSPS) is 11.4. The minimum atomic E-state index is -0.224. The van der Waals surface area contributed by atoms with Crippen LogP contribution < -0.4 is 32.8 Å². The molecule has 0 aliphatic rings. The summed E-state index contributed by atoms with van der Waals surface area (Å²) in [4.78, 5) is 19.5. The van der Waals surface area contributed by atoms with Crippen LogP contribution in [0.25, 0.3) is 83.0 Å². The van der Waals surface area contributed by atoms with Gasteiger partial charge in [0.2, 0.25) is 5.95 Å². The molecule has 0 saturated heterocycles. The van der Waals surface area contributed by atoms with Crippen LogP contribution in [0.3, 0.4) is 0 Å². The summed E-state index contributed by atoms with van der Waals surface area (Å²) in [6.07, 6.45) is 7.32. The number of para-hydroxylation sites is 2. The zero-order valence-electron chi connectivity index (χ0n) is 42.5. The van der Waals surface area contributed by atoms with Gasteiger partial charge in [0.05, 0.1) is 0 Å². The fourth-order valence-electron chi connectivity index (χ4n) is 12.0. The number of nitrogens with zero attached hydrogens (tertiary/aromatic N) is 7. The van der Waals surface area contributed by atoms with Crippen molar-refractivity contribution in [3.8, 4) is 17.6 Å². The van der Waals surface area contributed by atoms with Gasteiger partial charge in [-0.1, -0.05) is 140 Å². The number of benzene rings is 8. The summed E-state index contributed by atoms with van der Waals surface area (Å²) < 4.78 is 6.63. The van der Waals surface area contributed by atoms with Crippen LogP contribution in [-0.4, -0.2) is 47.1 Å². The van der Waals surface area contributed by atoms with Crippen LogP contribution in [0.4, 0.5) is 0 Å². The van der Waals surface area contributed by atoms with E-state index in [2.05, 4.69) is 211 Å². The Hall–Kier alpha value is -7.95. The van der Waals surface area contributed by atoms with Gasteiger partial charge >= 0.3 is 42.1 Å². The molecule has 0 atom stereocenters. The van der Waals surface area contributed by atoms with E-state index < -0.39 is 0 Å². The first-order valence-corrected chi connectivity index (χ1v) is 25.5. The van der Waals surface area contributed by atoms with Crippen LogP contribution in [0, 0.1) is 52.0 Å². The fourth-order valence-corrected chi connectivity index (χ4v) is 12.0. The topological polar surface area (TPSA) is 66.3 Å². The molecule has 0 saturated carbocycles. The first kappa shape index (κ1) is 49.9. The molecule has 6 heterocycles. The third-order valence-electron chi connectivity index (χ3n) is 15.3. The first-order chi connectivity index (χ1) is 36.9. The fraction of sp³-hybridized carbons (Fsp3) is 0.0606. The van der Waals surface area contributed by atoms with Crippen molar-refractivity contribution >= 4 is 112 Å². The molecule has 0 N–H and O–H groups in total. The zero-order valence-corrected chi connectivity index (χ0v) is 47.0. The molecule has 6 aromatic heterocycles. The predicted molar refractivity (Wildman–Crippen MR) is 310 cm³/mol. The van der Waals surface area contributed by atoms with Gasteiger partial charge in [-0.15, -0.1) is 10.8 Å². The van der Waals surface area contributed by atoms with Crippen molar-refractivity contribution in [1.82, 2.24) is 33.6 Å². The third-order valence-corrected chi connectivity index (χ3v) is 15.3. The molecular formula is C66H45B2N7Pt2. The number of rotatable bonds is 9. The van der Waals surface area contributed by atoms with Crippen molar-refractivity contribution < 1.29 is 42.1 Å². The Morgan fingerprint density at radius 2 is 0.649 bits per heavy atom. The quantitative estimate of drug-likeness (QED) is 0.107. The van der Waals surface area contributed by atoms with E-state index in [1.807, 2.05) is 55.1 Å². The van der Waals surface area contributed by atoms with Gasteiger partial charge in [-0.2, -0.15) is 105 Å². The number of aryl methyl sites for hydroxylation is 4. The molecule has 0 fully saturated rings. The second kappa shape index (κ2) is 20.2. The second-order valence-electron chi connectivity index (χ2n) is 19.6. The average Bonchev–Trinajstić information content (AvgIpc) is 4.14. The summed E-state index contributed by atoms with van der Waals surface area (Å²) in [6, 6.07) is 78.3. The number of hydrogen-bond acceptors (Lipinski definition) is 4. The van der Waals surface area contributed by atoms with Crippen molar-refractivity contribution in [2.24, 2.45) is 0 Å². The van der Waals surface area contributed by atoms with Gasteiger partial charge in [0.25, 0.3) is 0 Å². The largest absolute Gasteiger partial charge is 2.00 e. The molecular weight excluding hydrogens is 1300 g/mol. The molecule has 0 aliphatic heterocycles. The van der Waals surface area contributed by atoms with Crippen molar-refractivity contribution in [3.05, 3.63) is 247 Å². The number of pyridine rings is 2. The van der Waals surface area contributed by atoms with Crippen molar-refractivity contribution in [1.29, 1.82) is 0 Å². The van der Waals surface area contributed by atoms with Gasteiger partial charge in [0.1, 0.15) is 11.6 Å². The molecule has 0 radical (unpaired) electrons. The van der Waals surface area contributed by atoms with Crippen LogP contribution in [0.2, 0.25) is 0 Å². The average molecular weight is 1350 g/mol. The molecule has 0 amide bonds. The Bertz CT molecular complexity index is 4240. The van der Waals surface area contributed by atoms with Gasteiger partial charge in [-0.3, -0.25) is 0 Å². The Morgan fingerprint density at radius 3 is 1.03 bits per heavy atom. The van der Waals surface area contributed by atoms with E-state index in [0.29, 0.717) is 5.95 Å². The molecule has 370 valence electrons. The monoisotopic (exact) mass is 1350 g/mol. The standard InChI is InChI=1S/C66H45B2N7.2Pt/c1-42-16-13-17-43(2)64(42)67(46-26-30-52-50-20-5-7-22-56(50)73(58(52)38-46)62-24-9-11-34-69-62)48-28-32-54-55-33-29-49(41-61(55)75(60(54)40-48)66-71-36-15-37-72-66)68(65-44(3)18-14-19-45(65)4)47-27-31-53-51-21-6-8-23-57(51)74(59(53)39-47)63-25-10-12-35-70-63;;/h5-37H,1-4H3;;/q-4;2*+2. The van der Waals surface area contributed by atoms with E-state index in [9.17, 15) is 0 Å². The van der Waals surface area contributed by atoms with E-state index in [-0.39, 0.29) is 55.6 Å². The maximum absolute atomic E-state index is 4.93. The van der Waals surface area contributed by atoms with Crippen LogP contribution in [0.15, 0.2) is 201 Å². The minimum Gasteiger partial charge on any atom is -0.328 e. The summed E-state index contributed by atoms with van der Waals surface area (Å²) in [5.41, 5.74) is 17.2. The summed E-state index contributed by atoms with van der Waals surface area (Å²) >= 11 is 0. The summed E-state index contributed by atoms with van der Waals surface area (Å²) in [7, 11) is 0. The van der Waals surface area contributed by atoms with E-state index in [1.165, 1.54) is 33.2 Å². The van der Waals surface area contributed by atoms with Crippen molar-refractivity contribution in [2.45, 2.75) is 27.7 Å². The molecule has 7 nitrogen and oxygen atoms in total. The number of aromatic nitrogens is 7. The van der Waals surface area contributed by atoms with Gasteiger partial charge in [0, 0.05) is 35.8 Å². The molecule has 8 aromatic carbocycles. The number of fused-ring (bicyclic) bond motifs is 9. The van der Waals surface area contributed by atoms with Gasteiger partial charge in [-0.05, 0) is 80.9 Å². The zero-order chi connectivity index (χ0) is 50.3. The van der Waals surface area contributed by atoms with E-state index >= 15 is 0 Å². The van der Waals surface area contributed by atoms with Gasteiger partial charge in [-0.25, -0.2) is 19.9 Å². The summed E-state index contributed by atoms with van der Waals surface area (Å²) in [5.74, 6) is 2.25. The summed E-state index contributed by atoms with van der Waals surface area (Å²) in [6.45, 7) is 8.40. The van der Waals surface area contributed by atoms with Crippen molar-refractivity contribution in [3.63, 3.8) is 0 Å². The Kier molecular flexibility index (Phi) is 13.1. The van der Waals surface area contributed by atoms with Crippen LogP contribution in [0.1, 0.15) is 22.3 Å². The van der Waals surface area contributed by atoms with E-state index in [0.717, 1.165) is 98.9 Å². The first-order valence-electron chi connectivity index (χ1n) is 25.5. The Labute approximate surface area is 476 Å². The SMILES string of the molecule is Cc1cccc(C)c1B(c1[c-]c2c(cc1)c1ccc(B(c3[c-]c4c(cc3)c3ccccc3n4-c3ccccn3)c3c(C)cccc3C)[c-]c1n2-c1ncccn1)c1[c-]c2c(cc1)c1ccccc1n2-c1ccccn1.[Pt+2].[Pt+2]. The molecule has 77 heavy (non-hydrogen) atoms. The van der Waals surface area contributed by atoms with Crippen LogP contribution >= 0.6 is 0 Å². The Morgan fingerprint density at radius 1 is 0.312 bits per heavy atom. The third kappa shape index (κ3) is 8.22. The van der Waals surface area contributed by atoms with E-state index in [1.54, 1.807) is 0 Å². The number of hydrogen-bond donors (Lipinski definition) is 0. The maximum Gasteiger partial charge on any atom is 2.00 e. The molecule has 11 heteroatoms.